The fourth-order valence-electron chi connectivity index (χ4n) is 4.31. The van der Waals surface area contributed by atoms with Crippen LogP contribution in [0.4, 0.5) is 0 Å². The Morgan fingerprint density at radius 1 is 1.36 bits per heavy atom. The monoisotopic (exact) mass is 482 g/mol. The molecular weight excluding hydrogens is 449 g/mol. The molecule has 11 nitrogen and oxygen atoms in total. The molecule has 0 radical (unpaired) electrons. The summed E-state index contributed by atoms with van der Waals surface area (Å²) in [5.41, 5.74) is -2.49. The van der Waals surface area contributed by atoms with Gasteiger partial charge < -0.3 is 23.5 Å². The van der Waals surface area contributed by atoms with Crippen LogP contribution < -0.4 is 11.2 Å². The molecular formula is C21H32N5O6P. The van der Waals surface area contributed by atoms with E-state index in [-0.39, 0.29) is 25.2 Å². The summed E-state index contributed by atoms with van der Waals surface area (Å²) in [4.78, 5) is 44.7. The van der Waals surface area contributed by atoms with Crippen LogP contribution in [0.15, 0.2) is 15.8 Å². The lowest BCUT2D eigenvalue weighted by atomic mass is 10.0. The molecule has 1 unspecified atom stereocenters. The topological polar surface area (TPSA) is 110 Å². The zero-order valence-corrected chi connectivity index (χ0v) is 20.7. The highest BCUT2D eigenvalue weighted by atomic mass is 31.2. The van der Waals surface area contributed by atoms with Gasteiger partial charge in [0.1, 0.15) is 18.8 Å². The van der Waals surface area contributed by atoms with Gasteiger partial charge in [-0.25, -0.2) is 16.0 Å². The number of aryl methyl sites for hydroxylation is 1. The van der Waals surface area contributed by atoms with Gasteiger partial charge in [0.2, 0.25) is 6.54 Å². The van der Waals surface area contributed by atoms with E-state index in [9.17, 15) is 14.4 Å². The number of hydrogen-bond acceptors (Lipinski definition) is 7. The molecule has 0 aliphatic carbocycles. The lowest BCUT2D eigenvalue weighted by Crippen LogP contribution is -2.49. The molecule has 2 bridgehead atoms. The smallest absolute Gasteiger partial charge is 0.330 e. The Morgan fingerprint density at radius 3 is 2.61 bits per heavy atom. The summed E-state index contributed by atoms with van der Waals surface area (Å²) in [5, 5.41) is 0. The SMILES string of the molecule is [2H]C[C@@]12O[C@@H](n3cc(C)c(=O)[nH]c3=O)[C@@H]([C@@H]1OP(OCC[N+]#[C-])N(C(C)C)C(C)C)N(C)C2=O. The summed E-state index contributed by atoms with van der Waals surface area (Å²) in [6, 6.07) is -0.643. The Labute approximate surface area is 195 Å². The van der Waals surface area contributed by atoms with E-state index >= 15 is 0 Å². The number of rotatable bonds is 9. The van der Waals surface area contributed by atoms with Gasteiger partial charge >= 0.3 is 5.69 Å². The molecule has 3 heterocycles. The molecule has 12 heteroatoms. The Morgan fingerprint density at radius 2 is 2.03 bits per heavy atom. The molecule has 2 saturated heterocycles. The predicted octanol–water partition coefficient (Wildman–Crippen LogP) is 1.64. The van der Waals surface area contributed by atoms with Crippen molar-refractivity contribution in [1.29, 1.82) is 0 Å². The largest absolute Gasteiger partial charge is 0.337 e. The number of H-pyrrole nitrogens is 1. The van der Waals surface area contributed by atoms with Crippen molar-refractivity contribution in [3.05, 3.63) is 44.0 Å². The Kier molecular flexibility index (Phi) is 7.03. The van der Waals surface area contributed by atoms with Crippen molar-refractivity contribution in [3.8, 4) is 0 Å². The van der Waals surface area contributed by atoms with E-state index in [1.165, 1.54) is 15.7 Å². The second kappa shape index (κ2) is 9.65. The van der Waals surface area contributed by atoms with Gasteiger partial charge in [-0.2, -0.15) is 0 Å². The summed E-state index contributed by atoms with van der Waals surface area (Å²) >= 11 is 0. The molecule has 0 saturated carbocycles. The van der Waals surface area contributed by atoms with Gasteiger partial charge in [0.05, 0.1) is 0 Å². The number of carbonyl (C=O) groups is 1. The zero-order chi connectivity index (χ0) is 25.4. The van der Waals surface area contributed by atoms with Gasteiger partial charge in [0.25, 0.3) is 20.0 Å². The van der Waals surface area contributed by atoms with Crippen LogP contribution in [0.25, 0.3) is 4.85 Å². The third-order valence-electron chi connectivity index (χ3n) is 5.80. The Bertz CT molecular complexity index is 1060. The minimum atomic E-state index is -1.72. The molecule has 3 rings (SSSR count). The number of likely N-dealkylation sites (N-methyl/N-ethyl adjacent to an activating group) is 1. The third kappa shape index (κ3) is 4.51. The van der Waals surface area contributed by atoms with Crippen molar-refractivity contribution in [2.24, 2.45) is 0 Å². The molecule has 33 heavy (non-hydrogen) atoms. The van der Waals surface area contributed by atoms with Crippen molar-refractivity contribution in [2.45, 2.75) is 77.6 Å². The molecule has 0 aromatic carbocycles. The van der Waals surface area contributed by atoms with E-state index in [0.29, 0.717) is 5.56 Å². The highest BCUT2D eigenvalue weighted by Gasteiger charge is 2.68. The summed E-state index contributed by atoms with van der Waals surface area (Å²) < 4.78 is 30.1. The molecule has 2 aliphatic rings. The van der Waals surface area contributed by atoms with Crippen LogP contribution in [-0.4, -0.2) is 75.1 Å². The van der Waals surface area contributed by atoms with E-state index in [1.54, 1.807) is 14.0 Å². The highest BCUT2D eigenvalue weighted by Crippen LogP contribution is 2.55. The average molecular weight is 482 g/mol. The van der Waals surface area contributed by atoms with Gasteiger partial charge in [0, 0.05) is 32.3 Å². The molecule has 0 spiro atoms. The van der Waals surface area contributed by atoms with Crippen LogP contribution >= 0.6 is 8.53 Å². The third-order valence-corrected chi connectivity index (χ3v) is 7.91. The second-order valence-electron chi connectivity index (χ2n) is 8.83. The minimum absolute atomic E-state index is 0.0414. The van der Waals surface area contributed by atoms with Gasteiger partial charge in [-0.15, -0.1) is 0 Å². The number of nitrogens with zero attached hydrogens (tertiary/aromatic N) is 4. The molecule has 1 aromatic rings. The zero-order valence-electron chi connectivity index (χ0n) is 20.8. The van der Waals surface area contributed by atoms with Crippen molar-refractivity contribution >= 4 is 14.4 Å². The number of aromatic amines is 1. The first-order chi connectivity index (χ1) is 16.0. The van der Waals surface area contributed by atoms with Crippen molar-refractivity contribution in [1.82, 2.24) is 19.1 Å². The molecule has 1 aromatic heterocycles. The second-order valence-corrected chi connectivity index (χ2v) is 10.2. The number of likely N-dealkylation sites (tertiary alicyclic amines) is 1. The fourth-order valence-corrected chi connectivity index (χ4v) is 6.09. The first-order valence-corrected chi connectivity index (χ1v) is 11.9. The highest BCUT2D eigenvalue weighted by molar-refractivity contribution is 7.44. The first kappa shape index (κ1) is 24.0. The van der Waals surface area contributed by atoms with Crippen molar-refractivity contribution < 1.29 is 19.9 Å². The predicted molar refractivity (Wildman–Crippen MR) is 122 cm³/mol. The first-order valence-electron chi connectivity index (χ1n) is 11.5. The maximum atomic E-state index is 13.2. The summed E-state index contributed by atoms with van der Waals surface area (Å²) in [6.45, 7) is 16.5. The summed E-state index contributed by atoms with van der Waals surface area (Å²) in [5.74, 6) is -0.403. The molecule has 182 valence electrons. The van der Waals surface area contributed by atoms with Crippen molar-refractivity contribution in [2.75, 3.05) is 20.2 Å². The lowest BCUT2D eigenvalue weighted by Gasteiger charge is -2.37. The van der Waals surface area contributed by atoms with Crippen LogP contribution in [0.1, 0.15) is 47.8 Å². The maximum absolute atomic E-state index is 13.2. The number of ether oxygens (including phenoxy) is 1. The van der Waals surface area contributed by atoms with Crippen LogP contribution in [0.3, 0.4) is 0 Å². The standard InChI is InChI=1S/C21H32N5O6P/c1-12(2)26(13(3)4)33(30-10-9-22-7)32-16-15-18(31-21(16,6)19(28)24(15)8)25-11-14(5)17(27)23-20(25)29/h11-13,15-16,18H,9-10H2,1-6,8H3,(H,23,27,29)/t15-,16+,18-,21-,33?/m1/s1/i6D. The normalized spacial score (nSPS) is 28.1. The van der Waals surface area contributed by atoms with E-state index < -0.39 is 56.6 Å². The van der Waals surface area contributed by atoms with Crippen LogP contribution in [0.5, 0.6) is 0 Å². The van der Waals surface area contributed by atoms with Gasteiger partial charge in [-0.3, -0.25) is 19.1 Å². The number of morpholine rings is 1. The summed E-state index contributed by atoms with van der Waals surface area (Å²) in [7, 11) is -0.131. The molecule has 1 N–H and O–H groups in total. The van der Waals surface area contributed by atoms with Gasteiger partial charge in [0.15, 0.2) is 11.8 Å². The molecule has 1 amide bonds. The molecule has 2 fully saturated rings. The molecule has 2 aliphatic heterocycles. The lowest BCUT2D eigenvalue weighted by molar-refractivity contribution is -0.171. The number of nitrogens with one attached hydrogen (secondary N) is 1. The Hall–Kier alpha value is -2.09. The fraction of sp³-hybridized carbons (Fsp3) is 0.714. The van der Waals surface area contributed by atoms with E-state index in [2.05, 4.69) is 9.83 Å². The van der Waals surface area contributed by atoms with Crippen molar-refractivity contribution in [3.63, 3.8) is 0 Å². The van der Waals surface area contributed by atoms with Gasteiger partial charge in [-0.1, -0.05) is 0 Å². The number of fused-ring (bicyclic) bond motifs is 2. The average Bonchev–Trinajstić information content (AvgIpc) is 3.18. The van der Waals surface area contributed by atoms with Crippen LogP contribution in [0.2, 0.25) is 0 Å². The number of carbonyl (C=O) groups excluding carboxylic acids is 1. The quantitative estimate of drug-likeness (QED) is 0.324. The summed E-state index contributed by atoms with van der Waals surface area (Å²) in [6.07, 6.45) is -0.457. The maximum Gasteiger partial charge on any atom is 0.330 e. The minimum Gasteiger partial charge on any atom is -0.337 e. The van der Waals surface area contributed by atoms with Crippen LogP contribution in [-0.2, 0) is 18.6 Å². The number of amides is 1. The van der Waals surface area contributed by atoms with E-state index in [4.69, 9.17) is 21.7 Å². The molecule has 5 atom stereocenters. The van der Waals surface area contributed by atoms with E-state index in [0.717, 1.165) is 0 Å². The van der Waals surface area contributed by atoms with E-state index in [1.807, 2.05) is 32.4 Å². The van der Waals surface area contributed by atoms with Gasteiger partial charge in [-0.05, 0) is 41.5 Å². The Balaban J connectivity index is 2.04. The number of hydrogen-bond donors (Lipinski definition) is 1. The number of aromatic nitrogens is 2. The van der Waals surface area contributed by atoms with Crippen LogP contribution in [0, 0.1) is 13.5 Å².